The molecule has 0 fully saturated rings. The minimum Gasteiger partial charge on any atom is -0.473 e. The minimum atomic E-state index is -0.557. The number of pyridine rings is 1. The highest BCUT2D eigenvalue weighted by atomic mass is 16.6. The van der Waals surface area contributed by atoms with Gasteiger partial charge in [0.1, 0.15) is 24.5 Å². The van der Waals surface area contributed by atoms with Crippen molar-refractivity contribution in [1.29, 1.82) is 0 Å². The zero-order valence-corrected chi connectivity index (χ0v) is 26.6. The van der Waals surface area contributed by atoms with Gasteiger partial charge >= 0.3 is 11.8 Å². The fourth-order valence-electron chi connectivity index (χ4n) is 5.54. The van der Waals surface area contributed by atoms with E-state index >= 15 is 0 Å². The van der Waals surface area contributed by atoms with Crippen LogP contribution in [0.5, 0.6) is 11.8 Å². The summed E-state index contributed by atoms with van der Waals surface area (Å²) in [4.78, 5) is 33.0. The predicted octanol–water partition coefficient (Wildman–Crippen LogP) is 6.91. The first-order valence-electron chi connectivity index (χ1n) is 15.4. The molecule has 0 aliphatic carbocycles. The Morgan fingerprint density at radius 3 is 2.15 bits per heavy atom. The number of ether oxygens (including phenoxy) is 3. The monoisotopic (exact) mass is 618 g/mol. The van der Waals surface area contributed by atoms with Gasteiger partial charge in [-0.05, 0) is 56.0 Å². The number of nitrogens with zero attached hydrogens (tertiary/aromatic N) is 4. The molecule has 46 heavy (non-hydrogen) atoms. The summed E-state index contributed by atoms with van der Waals surface area (Å²) in [6, 6.07) is 29.2. The molecule has 3 heterocycles. The molecule has 0 saturated carbocycles. The van der Waals surface area contributed by atoms with Crippen molar-refractivity contribution in [3.05, 3.63) is 124 Å². The molecular weight excluding hydrogens is 580 g/mol. The Labute approximate surface area is 268 Å². The molecule has 0 atom stereocenters. The Balaban J connectivity index is 1.36. The van der Waals surface area contributed by atoms with Crippen LogP contribution in [-0.2, 0) is 25.0 Å². The first-order valence-corrected chi connectivity index (χ1v) is 15.4. The van der Waals surface area contributed by atoms with Crippen LogP contribution in [0.3, 0.4) is 0 Å². The van der Waals surface area contributed by atoms with Crippen molar-refractivity contribution in [2.24, 2.45) is 7.05 Å². The van der Waals surface area contributed by atoms with Gasteiger partial charge in [-0.2, -0.15) is 4.98 Å². The first-order chi connectivity index (χ1) is 22.2. The van der Waals surface area contributed by atoms with Gasteiger partial charge in [0.25, 0.3) is 0 Å². The highest BCUT2D eigenvalue weighted by Crippen LogP contribution is 2.33. The zero-order valence-electron chi connectivity index (χ0n) is 26.6. The van der Waals surface area contributed by atoms with E-state index in [4.69, 9.17) is 19.2 Å². The topological polar surface area (TPSA) is 87.8 Å². The maximum atomic E-state index is 13.9. The smallest absolute Gasteiger partial charge is 0.410 e. The second-order valence-corrected chi connectivity index (χ2v) is 12.3. The maximum Gasteiger partial charge on any atom is 0.410 e. The molecule has 3 aromatic carbocycles. The van der Waals surface area contributed by atoms with Crippen molar-refractivity contribution >= 4 is 22.7 Å². The molecule has 9 nitrogen and oxygen atoms in total. The van der Waals surface area contributed by atoms with Crippen molar-refractivity contribution in [2.45, 2.75) is 46.0 Å². The summed E-state index contributed by atoms with van der Waals surface area (Å²) in [5, 5.41) is 0. The van der Waals surface area contributed by atoms with Crippen LogP contribution in [0, 0.1) is 0 Å². The van der Waals surface area contributed by atoms with E-state index in [1.54, 1.807) is 27.1 Å². The van der Waals surface area contributed by atoms with Crippen molar-refractivity contribution < 1.29 is 19.0 Å². The molecule has 0 spiro atoms. The molecule has 2 aromatic heterocycles. The number of rotatable bonds is 8. The molecule has 9 heteroatoms. The SMILES string of the molecule is Cn1c(=O)n(-c2ccc(OCc3ccccc3)nc2OCc2ccccc2)c2cccc(C3=CCN(C(=O)OC(C)(C)C)CC3)c21. The van der Waals surface area contributed by atoms with Crippen LogP contribution >= 0.6 is 0 Å². The van der Waals surface area contributed by atoms with Gasteiger partial charge in [-0.25, -0.2) is 9.59 Å². The van der Waals surface area contributed by atoms with E-state index in [-0.39, 0.29) is 18.4 Å². The molecular formula is C37H38N4O5. The first kappa shape index (κ1) is 30.7. The minimum absolute atomic E-state index is 0.224. The number of para-hydroxylation sites is 1. The molecule has 1 aliphatic heterocycles. The molecule has 5 aromatic rings. The molecule has 236 valence electrons. The fraction of sp³-hybridized carbons (Fsp3) is 0.270. The summed E-state index contributed by atoms with van der Waals surface area (Å²) in [7, 11) is 1.77. The van der Waals surface area contributed by atoms with Gasteiger partial charge in [0.2, 0.25) is 11.8 Å². The molecule has 0 N–H and O–H groups in total. The summed E-state index contributed by atoms with van der Waals surface area (Å²) in [5.41, 5.74) is 5.27. The van der Waals surface area contributed by atoms with Crippen molar-refractivity contribution in [2.75, 3.05) is 13.1 Å². The number of aryl methyl sites for hydroxylation is 1. The number of carbonyl (C=O) groups excluding carboxylic acids is 1. The van der Waals surface area contributed by atoms with Crippen LogP contribution in [0.1, 0.15) is 43.9 Å². The Morgan fingerprint density at radius 2 is 1.52 bits per heavy atom. The van der Waals surface area contributed by atoms with Gasteiger partial charge in [-0.3, -0.25) is 9.13 Å². The van der Waals surface area contributed by atoms with Gasteiger partial charge in [0, 0.05) is 31.8 Å². The summed E-state index contributed by atoms with van der Waals surface area (Å²) >= 11 is 0. The number of amides is 1. The quantitative estimate of drug-likeness (QED) is 0.188. The van der Waals surface area contributed by atoms with Crippen LogP contribution in [0.2, 0.25) is 0 Å². The molecule has 0 bridgehead atoms. The second-order valence-electron chi connectivity index (χ2n) is 12.3. The Morgan fingerprint density at radius 1 is 0.848 bits per heavy atom. The highest BCUT2D eigenvalue weighted by molar-refractivity contribution is 5.91. The Bertz CT molecular complexity index is 1940. The largest absolute Gasteiger partial charge is 0.473 e. The van der Waals surface area contributed by atoms with E-state index in [2.05, 4.69) is 0 Å². The number of imidazole rings is 1. The van der Waals surface area contributed by atoms with E-state index in [1.807, 2.05) is 112 Å². The van der Waals surface area contributed by atoms with E-state index in [1.165, 1.54) is 0 Å². The lowest BCUT2D eigenvalue weighted by Crippen LogP contribution is -2.39. The van der Waals surface area contributed by atoms with Crippen LogP contribution in [-0.4, -0.2) is 43.8 Å². The third-order valence-electron chi connectivity index (χ3n) is 7.78. The summed E-state index contributed by atoms with van der Waals surface area (Å²) < 4.78 is 21.2. The lowest BCUT2D eigenvalue weighted by molar-refractivity contribution is 0.0270. The van der Waals surface area contributed by atoms with E-state index in [9.17, 15) is 9.59 Å². The molecule has 0 unspecified atom stereocenters. The van der Waals surface area contributed by atoms with Crippen LogP contribution in [0.15, 0.2) is 102 Å². The number of aromatic nitrogens is 3. The van der Waals surface area contributed by atoms with Gasteiger partial charge in [-0.1, -0.05) is 78.9 Å². The van der Waals surface area contributed by atoms with Gasteiger partial charge in [-0.15, -0.1) is 0 Å². The predicted molar refractivity (Wildman–Crippen MR) is 178 cm³/mol. The third-order valence-corrected chi connectivity index (χ3v) is 7.78. The van der Waals surface area contributed by atoms with Crippen molar-refractivity contribution in [3.63, 3.8) is 0 Å². The molecule has 1 amide bonds. The summed E-state index contributed by atoms with van der Waals surface area (Å²) in [6.45, 7) is 7.17. The van der Waals surface area contributed by atoms with Crippen LogP contribution in [0.25, 0.3) is 22.3 Å². The molecule has 1 aliphatic rings. The third kappa shape index (κ3) is 6.68. The number of hydrogen-bond donors (Lipinski definition) is 0. The lowest BCUT2D eigenvalue weighted by atomic mass is 9.98. The Kier molecular flexibility index (Phi) is 8.66. The van der Waals surface area contributed by atoms with Crippen molar-refractivity contribution in [3.8, 4) is 17.4 Å². The molecule has 0 saturated heterocycles. The normalized spacial score (nSPS) is 13.4. The summed E-state index contributed by atoms with van der Waals surface area (Å²) in [6.07, 6.45) is 2.35. The molecule has 6 rings (SSSR count). The number of hydrogen-bond acceptors (Lipinski definition) is 6. The van der Waals surface area contributed by atoms with Gasteiger partial charge in [0.15, 0.2) is 0 Å². The number of benzene rings is 3. The van der Waals surface area contributed by atoms with E-state index < -0.39 is 5.60 Å². The number of fused-ring (bicyclic) bond motifs is 1. The average Bonchev–Trinajstić information content (AvgIpc) is 3.32. The highest BCUT2D eigenvalue weighted by Gasteiger charge is 2.26. The van der Waals surface area contributed by atoms with Crippen LogP contribution < -0.4 is 15.2 Å². The van der Waals surface area contributed by atoms with E-state index in [0.29, 0.717) is 43.6 Å². The van der Waals surface area contributed by atoms with Gasteiger partial charge in [0.05, 0.1) is 11.0 Å². The van der Waals surface area contributed by atoms with E-state index in [0.717, 1.165) is 33.3 Å². The summed E-state index contributed by atoms with van der Waals surface area (Å²) in [5.74, 6) is 0.686. The average molecular weight is 619 g/mol. The Hall–Kier alpha value is -5.31. The maximum absolute atomic E-state index is 13.9. The molecule has 0 radical (unpaired) electrons. The van der Waals surface area contributed by atoms with Gasteiger partial charge < -0.3 is 19.1 Å². The van der Waals surface area contributed by atoms with Crippen molar-refractivity contribution in [1.82, 2.24) is 19.0 Å². The lowest BCUT2D eigenvalue weighted by Gasteiger charge is -2.29. The standard InChI is InChI=1S/C37H38N4O5/c1-37(2,3)46-36(43)40-22-20-28(21-23-40)29-16-11-17-30-33(29)39(4)35(42)41(30)31-18-19-32(44-24-26-12-7-5-8-13-26)38-34(31)45-25-27-14-9-6-10-15-27/h5-20H,21-25H2,1-4H3. The van der Waals surface area contributed by atoms with Crippen LogP contribution in [0.4, 0.5) is 4.79 Å². The second kappa shape index (κ2) is 13.0. The zero-order chi connectivity index (χ0) is 32.3. The fourth-order valence-corrected chi connectivity index (χ4v) is 5.54. The number of carbonyl (C=O) groups is 1.